The van der Waals surface area contributed by atoms with Crippen LogP contribution >= 0.6 is 11.6 Å². The molecule has 10 heteroatoms. The average Bonchev–Trinajstić information content (AvgIpc) is 3.14. The van der Waals surface area contributed by atoms with Crippen LogP contribution in [0.4, 0.5) is 5.69 Å². The summed E-state index contributed by atoms with van der Waals surface area (Å²) in [6, 6.07) is 4.92. The Morgan fingerprint density at radius 3 is 2.83 bits per heavy atom. The Kier molecular flexibility index (Phi) is 5.80. The van der Waals surface area contributed by atoms with Gasteiger partial charge in [0.1, 0.15) is 11.9 Å². The lowest BCUT2D eigenvalue weighted by Crippen LogP contribution is -2.36. The highest BCUT2D eigenvalue weighted by Crippen LogP contribution is 2.23. The number of carbonyl (C=O) groups excluding carboxylic acids is 2. The van der Waals surface area contributed by atoms with Gasteiger partial charge in [0, 0.05) is 11.7 Å². The van der Waals surface area contributed by atoms with E-state index >= 15 is 0 Å². The van der Waals surface area contributed by atoms with Crippen LogP contribution in [0.3, 0.4) is 0 Å². The van der Waals surface area contributed by atoms with Crippen molar-refractivity contribution in [2.24, 2.45) is 0 Å². The van der Waals surface area contributed by atoms with Gasteiger partial charge in [0.05, 0.1) is 23.1 Å². The van der Waals surface area contributed by atoms with Crippen LogP contribution < -0.4 is 16.2 Å². The van der Waals surface area contributed by atoms with Crippen LogP contribution in [0.25, 0.3) is 11.0 Å². The third-order valence-corrected chi connectivity index (χ3v) is 5.50. The van der Waals surface area contributed by atoms with E-state index < -0.39 is 0 Å². The lowest BCUT2D eigenvalue weighted by Gasteiger charge is -2.23. The molecule has 0 aliphatic heterocycles. The molecule has 1 aromatic carbocycles. The number of fused-ring (bicyclic) bond motifs is 1. The minimum absolute atomic E-state index is 0.133. The van der Waals surface area contributed by atoms with Crippen molar-refractivity contribution in [3.8, 4) is 0 Å². The number of benzene rings is 1. The third kappa shape index (κ3) is 4.35. The predicted molar refractivity (Wildman–Crippen MR) is 113 cm³/mol. The molecule has 2 heterocycles. The van der Waals surface area contributed by atoms with E-state index in [-0.39, 0.29) is 30.0 Å². The zero-order chi connectivity index (χ0) is 21.1. The summed E-state index contributed by atoms with van der Waals surface area (Å²) >= 11 is 6.21. The van der Waals surface area contributed by atoms with Crippen LogP contribution in [-0.2, 0) is 11.3 Å². The molecular formula is C20H21ClN6O3. The van der Waals surface area contributed by atoms with Crippen molar-refractivity contribution in [3.63, 3.8) is 0 Å². The van der Waals surface area contributed by atoms with Gasteiger partial charge in [-0.3, -0.25) is 14.4 Å². The van der Waals surface area contributed by atoms with Crippen LogP contribution in [0.2, 0.25) is 5.02 Å². The zero-order valence-electron chi connectivity index (χ0n) is 16.2. The summed E-state index contributed by atoms with van der Waals surface area (Å²) in [4.78, 5) is 43.4. The normalized spacial score (nSPS) is 14.6. The summed E-state index contributed by atoms with van der Waals surface area (Å²) in [6.07, 6.45) is 7.98. The highest BCUT2D eigenvalue weighted by Gasteiger charge is 2.19. The Balaban J connectivity index is 1.45. The van der Waals surface area contributed by atoms with Crippen LogP contribution in [0.1, 0.15) is 42.5 Å². The number of H-pyrrole nitrogens is 1. The molecule has 0 atom stereocenters. The van der Waals surface area contributed by atoms with Crippen molar-refractivity contribution in [1.82, 2.24) is 25.1 Å². The van der Waals surface area contributed by atoms with Crippen molar-refractivity contribution in [2.45, 2.75) is 44.7 Å². The number of aromatic nitrogens is 4. The van der Waals surface area contributed by atoms with E-state index in [1.165, 1.54) is 23.6 Å². The maximum Gasteiger partial charge on any atom is 0.261 e. The molecule has 156 valence electrons. The van der Waals surface area contributed by atoms with Gasteiger partial charge in [-0.25, -0.2) is 9.67 Å². The van der Waals surface area contributed by atoms with E-state index in [0.717, 1.165) is 25.7 Å². The van der Waals surface area contributed by atoms with Gasteiger partial charge in [-0.05, 0) is 31.0 Å². The highest BCUT2D eigenvalue weighted by molar-refractivity contribution is 6.34. The molecule has 0 radical (unpaired) electrons. The average molecular weight is 429 g/mol. The van der Waals surface area contributed by atoms with Gasteiger partial charge in [0.15, 0.2) is 5.65 Å². The Morgan fingerprint density at radius 1 is 1.23 bits per heavy atom. The standard InChI is InChI=1S/C20H21ClN6O3/c21-16-7-6-13(8-14(16)20(30)26-12-4-2-1-3-5-12)25-17(28)10-27-18-15(9-24-27)19(29)23-11-22-18/h6-9,11-12H,1-5,10H2,(H,25,28)(H,26,30)(H,22,23,29). The van der Waals surface area contributed by atoms with Crippen molar-refractivity contribution >= 4 is 40.1 Å². The SMILES string of the molecule is O=C(Cn1ncc2c(=O)[nH]cnc21)Nc1ccc(Cl)c(C(=O)NC2CCCCC2)c1. The molecule has 0 saturated heterocycles. The van der Waals surface area contributed by atoms with Crippen LogP contribution in [0.5, 0.6) is 0 Å². The van der Waals surface area contributed by atoms with Gasteiger partial charge >= 0.3 is 0 Å². The lowest BCUT2D eigenvalue weighted by atomic mass is 9.95. The fraction of sp³-hybridized carbons (Fsp3) is 0.350. The number of hydrogen-bond acceptors (Lipinski definition) is 5. The minimum Gasteiger partial charge on any atom is -0.349 e. The summed E-state index contributed by atoms with van der Waals surface area (Å²) in [5.41, 5.74) is 0.758. The number of nitrogens with zero attached hydrogens (tertiary/aromatic N) is 3. The molecule has 1 aliphatic rings. The second-order valence-corrected chi connectivity index (χ2v) is 7.73. The number of halogens is 1. The summed E-state index contributed by atoms with van der Waals surface area (Å²) in [6.45, 7) is -0.133. The first kappa shape index (κ1) is 20.1. The van der Waals surface area contributed by atoms with Crippen molar-refractivity contribution in [1.29, 1.82) is 0 Å². The van der Waals surface area contributed by atoms with E-state index in [1.54, 1.807) is 18.2 Å². The highest BCUT2D eigenvalue weighted by atomic mass is 35.5. The largest absolute Gasteiger partial charge is 0.349 e. The number of rotatable bonds is 5. The second-order valence-electron chi connectivity index (χ2n) is 7.32. The Hall–Kier alpha value is -3.20. The molecule has 2 amide bonds. The number of amides is 2. The van der Waals surface area contributed by atoms with E-state index in [2.05, 4.69) is 25.7 Å². The molecule has 2 aromatic heterocycles. The minimum atomic E-state index is -0.372. The molecule has 0 bridgehead atoms. The molecule has 9 nitrogen and oxygen atoms in total. The second kappa shape index (κ2) is 8.66. The monoisotopic (exact) mass is 428 g/mol. The van der Waals surface area contributed by atoms with E-state index in [9.17, 15) is 14.4 Å². The lowest BCUT2D eigenvalue weighted by molar-refractivity contribution is -0.116. The van der Waals surface area contributed by atoms with Gasteiger partial charge in [-0.1, -0.05) is 30.9 Å². The van der Waals surface area contributed by atoms with Crippen LogP contribution in [0.15, 0.2) is 35.5 Å². The molecule has 3 aromatic rings. The molecule has 0 spiro atoms. The predicted octanol–water partition coefficient (Wildman–Crippen LogP) is 2.47. The Labute approximate surface area is 176 Å². The van der Waals surface area contributed by atoms with Crippen molar-refractivity contribution < 1.29 is 9.59 Å². The molecule has 1 aliphatic carbocycles. The quantitative estimate of drug-likeness (QED) is 0.576. The van der Waals surface area contributed by atoms with Gasteiger partial charge in [-0.2, -0.15) is 5.10 Å². The summed E-state index contributed by atoms with van der Waals surface area (Å²) in [5, 5.41) is 10.4. The van der Waals surface area contributed by atoms with E-state index in [0.29, 0.717) is 27.3 Å². The first-order chi connectivity index (χ1) is 14.5. The van der Waals surface area contributed by atoms with Gasteiger partial charge in [0.2, 0.25) is 5.91 Å². The summed E-state index contributed by atoms with van der Waals surface area (Å²) in [5.74, 6) is -0.618. The van der Waals surface area contributed by atoms with Gasteiger partial charge < -0.3 is 15.6 Å². The van der Waals surface area contributed by atoms with Crippen molar-refractivity contribution in [3.05, 3.63) is 51.7 Å². The van der Waals surface area contributed by atoms with Gasteiger partial charge in [-0.15, -0.1) is 0 Å². The first-order valence-electron chi connectivity index (χ1n) is 9.81. The maximum absolute atomic E-state index is 12.6. The van der Waals surface area contributed by atoms with E-state index in [1.807, 2.05) is 0 Å². The van der Waals surface area contributed by atoms with Crippen LogP contribution in [0, 0.1) is 0 Å². The maximum atomic E-state index is 12.6. The number of nitrogens with one attached hydrogen (secondary N) is 3. The topological polar surface area (TPSA) is 122 Å². The van der Waals surface area contributed by atoms with Crippen molar-refractivity contribution in [2.75, 3.05) is 5.32 Å². The smallest absolute Gasteiger partial charge is 0.261 e. The Morgan fingerprint density at radius 2 is 2.03 bits per heavy atom. The molecule has 4 rings (SSSR count). The fourth-order valence-corrected chi connectivity index (χ4v) is 3.85. The Bertz CT molecular complexity index is 1150. The van der Waals surface area contributed by atoms with Crippen LogP contribution in [-0.4, -0.2) is 37.6 Å². The number of carbonyl (C=O) groups is 2. The van der Waals surface area contributed by atoms with E-state index in [4.69, 9.17) is 11.6 Å². The summed E-state index contributed by atoms with van der Waals surface area (Å²) < 4.78 is 1.34. The molecule has 0 unspecified atom stereocenters. The first-order valence-corrected chi connectivity index (χ1v) is 10.2. The summed E-state index contributed by atoms with van der Waals surface area (Å²) in [7, 11) is 0. The molecule has 1 saturated carbocycles. The third-order valence-electron chi connectivity index (χ3n) is 5.17. The zero-order valence-corrected chi connectivity index (χ0v) is 16.9. The number of hydrogen-bond donors (Lipinski definition) is 3. The number of aromatic amines is 1. The molecule has 1 fully saturated rings. The molecule has 3 N–H and O–H groups in total. The molecule has 30 heavy (non-hydrogen) atoms. The fourth-order valence-electron chi connectivity index (χ4n) is 3.64. The molecular weight excluding hydrogens is 408 g/mol. The number of anilines is 1. The van der Waals surface area contributed by atoms with Gasteiger partial charge in [0.25, 0.3) is 11.5 Å².